The maximum atomic E-state index is 5.79. The Morgan fingerprint density at radius 3 is 2.75 bits per heavy atom. The quantitative estimate of drug-likeness (QED) is 0.815. The molecule has 2 nitrogen and oxygen atoms in total. The van der Waals surface area contributed by atoms with Crippen molar-refractivity contribution in [3.8, 4) is 0 Å². The third kappa shape index (κ3) is 2.25. The van der Waals surface area contributed by atoms with Crippen molar-refractivity contribution in [1.29, 1.82) is 0 Å². The Morgan fingerprint density at radius 2 is 2.12 bits per heavy atom. The summed E-state index contributed by atoms with van der Waals surface area (Å²) in [6.45, 7) is 3.32. The number of nitrogens with zero attached hydrogens (tertiary/aromatic N) is 1. The Bertz CT molecular complexity index is 363. The highest BCUT2D eigenvalue weighted by molar-refractivity contribution is 7.80. The van der Waals surface area contributed by atoms with E-state index < -0.39 is 0 Å². The van der Waals surface area contributed by atoms with Gasteiger partial charge in [-0.2, -0.15) is 0 Å². The van der Waals surface area contributed by atoms with E-state index in [0.717, 1.165) is 13.0 Å². The molecule has 0 spiro atoms. The van der Waals surface area contributed by atoms with E-state index in [1.54, 1.807) is 0 Å². The minimum Gasteiger partial charge on any atom is -0.392 e. The molecule has 0 saturated carbocycles. The first-order valence-corrected chi connectivity index (χ1v) is 6.21. The smallest absolute Gasteiger partial charge is 0.0902 e. The van der Waals surface area contributed by atoms with Crippen LogP contribution in [0.15, 0.2) is 30.3 Å². The maximum absolute atomic E-state index is 5.79. The van der Waals surface area contributed by atoms with Crippen molar-refractivity contribution in [2.75, 3.05) is 6.54 Å². The van der Waals surface area contributed by atoms with Gasteiger partial charge in [-0.3, -0.25) is 4.90 Å². The molecule has 2 rings (SSSR count). The Labute approximate surface area is 102 Å². The van der Waals surface area contributed by atoms with E-state index in [1.807, 2.05) is 6.07 Å². The molecule has 2 atom stereocenters. The van der Waals surface area contributed by atoms with Crippen LogP contribution in [0.2, 0.25) is 0 Å². The van der Waals surface area contributed by atoms with Gasteiger partial charge in [0.05, 0.1) is 11.0 Å². The Hall–Kier alpha value is -0.930. The molecule has 0 amide bonds. The van der Waals surface area contributed by atoms with Gasteiger partial charge in [-0.1, -0.05) is 42.5 Å². The van der Waals surface area contributed by atoms with Crippen LogP contribution in [0, 0.1) is 0 Å². The minimum atomic E-state index is 0.283. The first kappa shape index (κ1) is 11.6. The van der Waals surface area contributed by atoms with Crippen molar-refractivity contribution >= 4 is 17.2 Å². The zero-order valence-electron chi connectivity index (χ0n) is 9.60. The zero-order chi connectivity index (χ0) is 11.5. The molecule has 2 unspecified atom stereocenters. The largest absolute Gasteiger partial charge is 0.392 e. The second-order valence-corrected chi connectivity index (χ2v) is 4.86. The lowest BCUT2D eigenvalue weighted by atomic mass is 10.1. The molecule has 86 valence electrons. The number of benzene rings is 1. The number of likely N-dealkylation sites (tertiary alicyclic amines) is 1. The van der Waals surface area contributed by atoms with E-state index in [1.165, 1.54) is 12.0 Å². The van der Waals surface area contributed by atoms with Gasteiger partial charge < -0.3 is 5.73 Å². The number of hydrogen-bond donors (Lipinski definition) is 1. The zero-order valence-corrected chi connectivity index (χ0v) is 10.4. The normalized spacial score (nSPS) is 23.2. The van der Waals surface area contributed by atoms with Crippen molar-refractivity contribution in [2.24, 2.45) is 5.73 Å². The molecule has 1 aliphatic rings. The van der Waals surface area contributed by atoms with Crippen molar-refractivity contribution in [2.45, 2.75) is 31.8 Å². The molecule has 1 aromatic rings. The van der Waals surface area contributed by atoms with Crippen LogP contribution in [0.1, 0.15) is 31.4 Å². The van der Waals surface area contributed by atoms with Gasteiger partial charge in [0, 0.05) is 6.04 Å². The molecule has 1 aliphatic heterocycles. The van der Waals surface area contributed by atoms with Gasteiger partial charge in [0.25, 0.3) is 0 Å². The number of hydrogen-bond acceptors (Lipinski definition) is 2. The number of rotatable bonds is 3. The summed E-state index contributed by atoms with van der Waals surface area (Å²) in [5.41, 5.74) is 7.13. The lowest BCUT2D eigenvalue weighted by molar-refractivity contribution is 0.233. The summed E-state index contributed by atoms with van der Waals surface area (Å²) in [5.74, 6) is 0. The van der Waals surface area contributed by atoms with Crippen LogP contribution < -0.4 is 5.73 Å². The van der Waals surface area contributed by atoms with Crippen molar-refractivity contribution in [3.63, 3.8) is 0 Å². The highest BCUT2D eigenvalue weighted by Gasteiger charge is 2.30. The van der Waals surface area contributed by atoms with Crippen molar-refractivity contribution in [1.82, 2.24) is 4.90 Å². The predicted octanol–water partition coefficient (Wildman–Crippen LogP) is 2.50. The monoisotopic (exact) mass is 234 g/mol. The summed E-state index contributed by atoms with van der Waals surface area (Å²) >= 11 is 5.14. The van der Waals surface area contributed by atoms with E-state index in [-0.39, 0.29) is 6.04 Å². The lowest BCUT2D eigenvalue weighted by Crippen LogP contribution is -2.40. The molecule has 1 saturated heterocycles. The summed E-state index contributed by atoms with van der Waals surface area (Å²) in [4.78, 5) is 3.05. The SMILES string of the molecule is CC(c1ccccc1)N1CCCC1C(N)=S. The van der Waals surface area contributed by atoms with Crippen LogP contribution in [-0.4, -0.2) is 22.5 Å². The fraction of sp³-hybridized carbons (Fsp3) is 0.462. The first-order chi connectivity index (χ1) is 7.70. The summed E-state index contributed by atoms with van der Waals surface area (Å²) < 4.78 is 0. The van der Waals surface area contributed by atoms with E-state index in [9.17, 15) is 0 Å². The second kappa shape index (κ2) is 4.93. The molecule has 1 aromatic carbocycles. The second-order valence-electron chi connectivity index (χ2n) is 4.38. The van der Waals surface area contributed by atoms with Crippen LogP contribution in [0.25, 0.3) is 0 Å². The van der Waals surface area contributed by atoms with E-state index in [2.05, 4.69) is 36.1 Å². The van der Waals surface area contributed by atoms with Gasteiger partial charge in [0.2, 0.25) is 0 Å². The summed E-state index contributed by atoms with van der Waals surface area (Å²) in [7, 11) is 0. The topological polar surface area (TPSA) is 29.3 Å². The highest BCUT2D eigenvalue weighted by Crippen LogP contribution is 2.28. The molecule has 0 aliphatic carbocycles. The first-order valence-electron chi connectivity index (χ1n) is 5.80. The molecule has 2 N–H and O–H groups in total. The minimum absolute atomic E-state index is 0.283. The molecule has 16 heavy (non-hydrogen) atoms. The van der Waals surface area contributed by atoms with E-state index in [4.69, 9.17) is 18.0 Å². The maximum Gasteiger partial charge on any atom is 0.0902 e. The molecule has 0 radical (unpaired) electrons. The van der Waals surface area contributed by atoms with Crippen molar-refractivity contribution in [3.05, 3.63) is 35.9 Å². The average Bonchev–Trinajstić information content (AvgIpc) is 2.78. The standard InChI is InChI=1S/C13H18N2S/c1-10(11-6-3-2-4-7-11)15-9-5-8-12(15)13(14)16/h2-4,6-7,10,12H,5,8-9H2,1H3,(H2,14,16). The molecule has 1 fully saturated rings. The summed E-state index contributed by atoms with van der Waals surface area (Å²) in [6, 6.07) is 11.2. The van der Waals surface area contributed by atoms with Crippen molar-refractivity contribution < 1.29 is 0 Å². The van der Waals surface area contributed by atoms with E-state index >= 15 is 0 Å². The van der Waals surface area contributed by atoms with Crippen LogP contribution in [0.4, 0.5) is 0 Å². The summed E-state index contributed by atoms with van der Waals surface area (Å²) in [6.07, 6.45) is 2.30. The van der Waals surface area contributed by atoms with E-state index in [0.29, 0.717) is 11.0 Å². The van der Waals surface area contributed by atoms with Gasteiger partial charge in [0.1, 0.15) is 0 Å². The fourth-order valence-electron chi connectivity index (χ4n) is 2.48. The Kier molecular flexibility index (Phi) is 3.56. The fourth-order valence-corrected chi connectivity index (χ4v) is 2.73. The summed E-state index contributed by atoms with van der Waals surface area (Å²) in [5, 5.41) is 0. The molecule has 3 heteroatoms. The van der Waals surface area contributed by atoms with Crippen LogP contribution in [0.3, 0.4) is 0 Å². The average molecular weight is 234 g/mol. The third-order valence-corrected chi connectivity index (χ3v) is 3.67. The van der Waals surface area contributed by atoms with Crippen LogP contribution in [0.5, 0.6) is 0 Å². The molecular formula is C13H18N2S. The lowest BCUT2D eigenvalue weighted by Gasteiger charge is -2.30. The van der Waals surface area contributed by atoms with Gasteiger partial charge in [-0.05, 0) is 31.9 Å². The highest BCUT2D eigenvalue weighted by atomic mass is 32.1. The van der Waals surface area contributed by atoms with Gasteiger partial charge in [-0.15, -0.1) is 0 Å². The Morgan fingerprint density at radius 1 is 1.44 bits per heavy atom. The molecule has 0 bridgehead atoms. The van der Waals surface area contributed by atoms with Gasteiger partial charge in [-0.25, -0.2) is 0 Å². The molecule has 1 heterocycles. The Balaban J connectivity index is 2.15. The third-order valence-electron chi connectivity index (χ3n) is 3.40. The van der Waals surface area contributed by atoms with Gasteiger partial charge >= 0.3 is 0 Å². The molecule has 0 aromatic heterocycles. The molecular weight excluding hydrogens is 216 g/mol. The predicted molar refractivity (Wildman–Crippen MR) is 71.4 cm³/mol. The van der Waals surface area contributed by atoms with Crippen LogP contribution >= 0.6 is 12.2 Å². The number of thiocarbonyl (C=S) groups is 1. The van der Waals surface area contributed by atoms with Gasteiger partial charge in [0.15, 0.2) is 0 Å². The van der Waals surface area contributed by atoms with Crippen LogP contribution in [-0.2, 0) is 0 Å². The number of nitrogens with two attached hydrogens (primary N) is 1.